The summed E-state index contributed by atoms with van der Waals surface area (Å²) in [5.74, 6) is 0.234. The average molecular weight is 532 g/mol. The lowest BCUT2D eigenvalue weighted by Crippen LogP contribution is -2.40. The lowest BCUT2D eigenvalue weighted by Gasteiger charge is -2.27. The van der Waals surface area contributed by atoms with E-state index >= 15 is 0 Å². The quantitative estimate of drug-likeness (QED) is 0.500. The maximum Gasteiger partial charge on any atom is 0.417 e. The first kappa shape index (κ1) is 25.2. The Hall–Kier alpha value is -2.87. The first-order valence-electron chi connectivity index (χ1n) is 10.3. The molecule has 0 amide bonds. The summed E-state index contributed by atoms with van der Waals surface area (Å²) in [6.07, 6.45) is -4.80. The van der Waals surface area contributed by atoms with Crippen LogP contribution in [0, 0.1) is 0 Å². The summed E-state index contributed by atoms with van der Waals surface area (Å²) < 4.78 is 80.6. The van der Waals surface area contributed by atoms with Crippen molar-refractivity contribution < 1.29 is 31.1 Å². The van der Waals surface area contributed by atoms with E-state index in [1.54, 1.807) is 0 Å². The lowest BCUT2D eigenvalue weighted by atomic mass is 9.95. The Morgan fingerprint density at radius 3 is 2.54 bits per heavy atom. The van der Waals surface area contributed by atoms with Crippen LogP contribution in [0.3, 0.4) is 0 Å². The molecule has 14 heteroatoms. The van der Waals surface area contributed by atoms with Crippen LogP contribution in [0.5, 0.6) is 5.75 Å². The third kappa shape index (κ3) is 5.22. The molecule has 0 bridgehead atoms. The fraction of sp³-hybridized carbons (Fsp3) is 0.333. The molecule has 1 aliphatic rings. The van der Waals surface area contributed by atoms with E-state index in [4.69, 9.17) is 26.8 Å². The number of nitrogens with two attached hydrogens (primary N) is 1. The van der Waals surface area contributed by atoms with E-state index in [1.165, 1.54) is 29.6 Å². The minimum atomic E-state index is -4.78. The van der Waals surface area contributed by atoms with Gasteiger partial charge in [-0.2, -0.15) is 22.5 Å². The molecular formula is C21H21ClF3N5O4S. The second kappa shape index (κ2) is 9.64. The summed E-state index contributed by atoms with van der Waals surface area (Å²) in [7, 11) is -2.79. The highest BCUT2D eigenvalue weighted by molar-refractivity contribution is 7.89. The Kier molecular flexibility index (Phi) is 6.95. The number of nitrogens with zero attached hydrogens (tertiary/aromatic N) is 3. The van der Waals surface area contributed by atoms with Gasteiger partial charge >= 0.3 is 6.18 Å². The number of hydrogen-bond donors (Lipinski definition) is 2. The third-order valence-electron chi connectivity index (χ3n) is 5.42. The molecule has 0 saturated carbocycles. The fourth-order valence-corrected chi connectivity index (χ4v) is 5.76. The van der Waals surface area contributed by atoms with Gasteiger partial charge in [0.15, 0.2) is 0 Å². The summed E-state index contributed by atoms with van der Waals surface area (Å²) in [4.78, 5) is 3.64. The number of aromatic amines is 1. The summed E-state index contributed by atoms with van der Waals surface area (Å²) in [5.41, 5.74) is 4.29. The fourth-order valence-electron chi connectivity index (χ4n) is 3.82. The Morgan fingerprint density at radius 1 is 1.23 bits per heavy atom. The van der Waals surface area contributed by atoms with Gasteiger partial charge in [0.05, 0.1) is 25.9 Å². The number of halogens is 4. The minimum Gasteiger partial charge on any atom is -0.495 e. The second-order valence-corrected chi connectivity index (χ2v) is 10.0. The molecule has 4 rings (SSSR count). The molecule has 0 unspecified atom stereocenters. The summed E-state index contributed by atoms with van der Waals surface area (Å²) >= 11 is 6.36. The van der Waals surface area contributed by atoms with E-state index in [-0.39, 0.29) is 76.9 Å². The number of anilines is 1. The number of nitrogen functional groups attached to an aromatic ring is 1. The number of H-pyrrole nitrogens is 1. The number of rotatable bonds is 6. The standard InChI is InChI=1S/C21H21ClF3N5O4S/c1-33-16-3-2-13(11-17(16)35(31,32)30-4-6-34-7-5-30)19-14(21(23,24)25)8-12(9-15(19)22)10-18-27-20(26)29-28-18/h2-3,8-9,11H,4-7,10H2,1H3,(H3,26,27,28,29). The zero-order valence-electron chi connectivity index (χ0n) is 18.4. The summed E-state index contributed by atoms with van der Waals surface area (Å²) in [6.45, 7) is 0.656. The Labute approximate surface area is 204 Å². The van der Waals surface area contributed by atoms with Crippen LogP contribution in [-0.2, 0) is 27.4 Å². The van der Waals surface area contributed by atoms with Crippen LogP contribution < -0.4 is 10.5 Å². The van der Waals surface area contributed by atoms with Crippen molar-refractivity contribution in [3.05, 3.63) is 52.3 Å². The first-order valence-corrected chi connectivity index (χ1v) is 12.1. The Morgan fingerprint density at radius 2 is 1.94 bits per heavy atom. The minimum absolute atomic E-state index is 0.00412. The average Bonchev–Trinajstić information content (AvgIpc) is 3.22. The van der Waals surface area contributed by atoms with Crippen molar-refractivity contribution in [2.45, 2.75) is 17.5 Å². The van der Waals surface area contributed by atoms with Crippen molar-refractivity contribution in [3.63, 3.8) is 0 Å². The van der Waals surface area contributed by atoms with Gasteiger partial charge in [0.2, 0.25) is 16.0 Å². The van der Waals surface area contributed by atoms with Gasteiger partial charge in [0, 0.05) is 30.1 Å². The van der Waals surface area contributed by atoms with Gasteiger partial charge in [-0.15, -0.1) is 5.10 Å². The number of methoxy groups -OCH3 is 1. The molecule has 1 saturated heterocycles. The van der Waals surface area contributed by atoms with Crippen LogP contribution in [-0.4, -0.2) is 61.3 Å². The monoisotopic (exact) mass is 531 g/mol. The van der Waals surface area contributed by atoms with Crippen molar-refractivity contribution >= 4 is 27.6 Å². The Balaban J connectivity index is 1.83. The van der Waals surface area contributed by atoms with Crippen molar-refractivity contribution in [3.8, 4) is 16.9 Å². The summed E-state index contributed by atoms with van der Waals surface area (Å²) in [6, 6.07) is 6.11. The molecule has 0 radical (unpaired) electrons. The third-order valence-corrected chi connectivity index (χ3v) is 7.63. The lowest BCUT2D eigenvalue weighted by molar-refractivity contribution is -0.137. The van der Waals surface area contributed by atoms with Gasteiger partial charge in [-0.1, -0.05) is 17.7 Å². The predicted molar refractivity (Wildman–Crippen MR) is 122 cm³/mol. The van der Waals surface area contributed by atoms with Crippen molar-refractivity contribution in [2.24, 2.45) is 0 Å². The van der Waals surface area contributed by atoms with Crippen LogP contribution in [0.1, 0.15) is 17.0 Å². The molecule has 0 atom stereocenters. The smallest absolute Gasteiger partial charge is 0.417 e. The van der Waals surface area contributed by atoms with Gasteiger partial charge in [-0.25, -0.2) is 8.42 Å². The molecule has 1 fully saturated rings. The normalized spacial score (nSPS) is 15.3. The molecule has 0 spiro atoms. The summed E-state index contributed by atoms with van der Waals surface area (Å²) in [5, 5.41) is 6.00. The van der Waals surface area contributed by atoms with Crippen LogP contribution in [0.2, 0.25) is 5.02 Å². The molecule has 2 heterocycles. The number of sulfonamides is 1. The van der Waals surface area contributed by atoms with Crippen molar-refractivity contribution in [1.82, 2.24) is 19.5 Å². The number of ether oxygens (including phenoxy) is 2. The van der Waals surface area contributed by atoms with Crippen LogP contribution in [0.4, 0.5) is 19.1 Å². The highest BCUT2D eigenvalue weighted by atomic mass is 35.5. The maximum atomic E-state index is 14.1. The molecule has 35 heavy (non-hydrogen) atoms. The second-order valence-electron chi connectivity index (χ2n) is 7.70. The highest BCUT2D eigenvalue weighted by Crippen LogP contribution is 2.43. The highest BCUT2D eigenvalue weighted by Gasteiger charge is 2.36. The molecular weight excluding hydrogens is 511 g/mol. The van der Waals surface area contributed by atoms with Crippen LogP contribution in [0.25, 0.3) is 11.1 Å². The predicted octanol–water partition coefficient (Wildman–Crippen LogP) is 3.35. The van der Waals surface area contributed by atoms with E-state index in [2.05, 4.69) is 15.2 Å². The van der Waals surface area contributed by atoms with E-state index < -0.39 is 21.8 Å². The van der Waals surface area contributed by atoms with E-state index in [1.807, 2.05) is 0 Å². The number of aromatic nitrogens is 3. The number of benzene rings is 2. The van der Waals surface area contributed by atoms with Gasteiger partial charge < -0.3 is 15.2 Å². The topological polar surface area (TPSA) is 123 Å². The van der Waals surface area contributed by atoms with Crippen LogP contribution in [0.15, 0.2) is 35.2 Å². The number of nitrogens with one attached hydrogen (secondary N) is 1. The molecule has 1 aliphatic heterocycles. The molecule has 2 aromatic carbocycles. The van der Waals surface area contributed by atoms with Gasteiger partial charge in [0.1, 0.15) is 16.5 Å². The van der Waals surface area contributed by atoms with E-state index in [9.17, 15) is 21.6 Å². The molecule has 1 aromatic heterocycles. The number of alkyl halides is 3. The first-order chi connectivity index (χ1) is 16.5. The van der Waals surface area contributed by atoms with Gasteiger partial charge in [-0.05, 0) is 35.4 Å². The van der Waals surface area contributed by atoms with Gasteiger partial charge in [-0.3, -0.25) is 5.10 Å². The number of morpholine rings is 1. The molecule has 188 valence electrons. The largest absolute Gasteiger partial charge is 0.495 e. The SMILES string of the molecule is COc1ccc(-c2c(Cl)cc(Cc3nc(N)n[nH]3)cc2C(F)(F)F)cc1S(=O)(=O)N1CCOCC1. The Bertz CT molecular complexity index is 1340. The van der Waals surface area contributed by atoms with E-state index in [0.717, 1.165) is 12.1 Å². The molecule has 9 nitrogen and oxygen atoms in total. The maximum absolute atomic E-state index is 14.1. The molecule has 3 N–H and O–H groups in total. The van der Waals surface area contributed by atoms with Gasteiger partial charge in [0.25, 0.3) is 0 Å². The van der Waals surface area contributed by atoms with Crippen LogP contribution >= 0.6 is 11.6 Å². The molecule has 3 aromatic rings. The van der Waals surface area contributed by atoms with Crippen molar-refractivity contribution in [2.75, 3.05) is 39.1 Å². The van der Waals surface area contributed by atoms with Crippen molar-refractivity contribution in [1.29, 1.82) is 0 Å². The zero-order valence-corrected chi connectivity index (χ0v) is 20.0. The molecule has 0 aliphatic carbocycles. The number of hydrogen-bond acceptors (Lipinski definition) is 7. The van der Waals surface area contributed by atoms with E-state index in [0.29, 0.717) is 0 Å². The zero-order chi connectivity index (χ0) is 25.4.